The molecule has 1 aromatic rings. The lowest BCUT2D eigenvalue weighted by Gasteiger charge is -2.21. The molecule has 0 unspecified atom stereocenters. The Labute approximate surface area is 134 Å². The molecule has 0 fully saturated rings. The van der Waals surface area contributed by atoms with E-state index in [2.05, 4.69) is 29.8 Å². The van der Waals surface area contributed by atoms with Crippen LogP contribution in [0.1, 0.15) is 32.3 Å². The van der Waals surface area contributed by atoms with Gasteiger partial charge >= 0.3 is 0 Å². The quantitative estimate of drug-likeness (QED) is 0.690. The van der Waals surface area contributed by atoms with E-state index < -0.39 is 0 Å². The third-order valence-electron chi connectivity index (χ3n) is 2.84. The number of hydrogen-bond donors (Lipinski definition) is 0. The predicted octanol–water partition coefficient (Wildman–Crippen LogP) is 4.93. The normalized spacial score (nSPS) is 10.4. The van der Waals surface area contributed by atoms with Gasteiger partial charge in [0.1, 0.15) is 5.75 Å². The maximum Gasteiger partial charge on any atom is 0.281 e. The Balaban J connectivity index is 2.65. The summed E-state index contributed by atoms with van der Waals surface area (Å²) < 4.78 is 6.33. The highest BCUT2D eigenvalue weighted by Gasteiger charge is 2.14. The molecule has 0 saturated heterocycles. The van der Waals surface area contributed by atoms with Gasteiger partial charge in [0.2, 0.25) is 0 Å². The third kappa shape index (κ3) is 5.37. The minimum absolute atomic E-state index is 0.149. The Kier molecular flexibility index (Phi) is 8.07. The lowest BCUT2D eigenvalue weighted by atomic mass is 10.2. The van der Waals surface area contributed by atoms with Gasteiger partial charge in [0.25, 0.3) is 5.24 Å². The molecule has 0 aliphatic rings. The van der Waals surface area contributed by atoms with E-state index >= 15 is 0 Å². The molecule has 3 nitrogen and oxygen atoms in total. The van der Waals surface area contributed by atoms with Gasteiger partial charge in [0.15, 0.2) is 0 Å². The Bertz CT molecular complexity index is 434. The van der Waals surface area contributed by atoms with E-state index in [1.165, 1.54) is 11.8 Å². The van der Waals surface area contributed by atoms with Crippen molar-refractivity contribution in [3.05, 3.63) is 28.2 Å². The first-order valence-corrected chi connectivity index (χ1v) is 8.64. The molecule has 0 aliphatic heterocycles. The number of nitrogens with zero attached hydrogens (tertiary/aromatic N) is 1. The van der Waals surface area contributed by atoms with E-state index in [4.69, 9.17) is 4.74 Å². The van der Waals surface area contributed by atoms with Gasteiger partial charge in [0.05, 0.1) is 7.11 Å². The summed E-state index contributed by atoms with van der Waals surface area (Å²) in [6.07, 6.45) is 1.99. The highest BCUT2D eigenvalue weighted by atomic mass is 79.9. The first-order valence-electron chi connectivity index (χ1n) is 6.86. The lowest BCUT2D eigenvalue weighted by Crippen LogP contribution is -2.29. The number of methoxy groups -OCH3 is 1. The fourth-order valence-electron chi connectivity index (χ4n) is 1.92. The van der Waals surface area contributed by atoms with Gasteiger partial charge in [-0.15, -0.1) is 0 Å². The number of benzene rings is 1. The second-order valence-corrected chi connectivity index (χ2v) is 6.34. The van der Waals surface area contributed by atoms with Crippen molar-refractivity contribution in [2.45, 2.75) is 32.4 Å². The maximum absolute atomic E-state index is 12.2. The molecule has 0 N–H and O–H groups in total. The second kappa shape index (κ2) is 9.29. The van der Waals surface area contributed by atoms with Crippen molar-refractivity contribution in [3.63, 3.8) is 0 Å². The number of halogens is 1. The smallest absolute Gasteiger partial charge is 0.281 e. The molecule has 112 valence electrons. The van der Waals surface area contributed by atoms with Crippen molar-refractivity contribution in [3.8, 4) is 5.75 Å². The fraction of sp³-hybridized carbons (Fsp3) is 0.533. The fourth-order valence-corrected chi connectivity index (χ4v) is 3.20. The van der Waals surface area contributed by atoms with E-state index in [1.54, 1.807) is 7.11 Å². The molecule has 1 aromatic carbocycles. The minimum atomic E-state index is 0.149. The van der Waals surface area contributed by atoms with Crippen molar-refractivity contribution in [2.75, 3.05) is 20.2 Å². The molecule has 20 heavy (non-hydrogen) atoms. The zero-order valence-corrected chi connectivity index (χ0v) is 14.7. The Morgan fingerprint density at radius 1 is 1.30 bits per heavy atom. The summed E-state index contributed by atoms with van der Waals surface area (Å²) in [7, 11) is 1.65. The van der Waals surface area contributed by atoms with Crippen LogP contribution in [0.15, 0.2) is 22.7 Å². The molecule has 0 spiro atoms. The van der Waals surface area contributed by atoms with Gasteiger partial charge < -0.3 is 9.64 Å². The van der Waals surface area contributed by atoms with Crippen LogP contribution in [0.3, 0.4) is 0 Å². The first-order chi connectivity index (χ1) is 9.62. The number of ether oxygens (including phenoxy) is 1. The van der Waals surface area contributed by atoms with Crippen molar-refractivity contribution in [1.29, 1.82) is 0 Å². The van der Waals surface area contributed by atoms with E-state index in [9.17, 15) is 4.79 Å². The Hall–Kier alpha value is -0.680. The van der Waals surface area contributed by atoms with Crippen LogP contribution in [-0.2, 0) is 5.75 Å². The van der Waals surface area contributed by atoms with Gasteiger partial charge in [0, 0.05) is 28.9 Å². The van der Waals surface area contributed by atoms with Crippen molar-refractivity contribution in [1.82, 2.24) is 4.90 Å². The first kappa shape index (κ1) is 17.4. The van der Waals surface area contributed by atoms with E-state index in [-0.39, 0.29) is 5.24 Å². The molecule has 1 amide bonds. The summed E-state index contributed by atoms with van der Waals surface area (Å²) in [5.74, 6) is 1.46. The summed E-state index contributed by atoms with van der Waals surface area (Å²) in [6.45, 7) is 5.85. The van der Waals surface area contributed by atoms with Crippen LogP contribution >= 0.6 is 27.7 Å². The summed E-state index contributed by atoms with van der Waals surface area (Å²) >= 11 is 4.79. The number of hydrogen-bond acceptors (Lipinski definition) is 3. The highest BCUT2D eigenvalue weighted by molar-refractivity contribution is 9.10. The zero-order chi connectivity index (χ0) is 15.0. The number of amides is 1. The molecule has 0 aromatic heterocycles. The van der Waals surface area contributed by atoms with Crippen LogP contribution in [0.25, 0.3) is 0 Å². The molecule has 0 atom stereocenters. The maximum atomic E-state index is 12.2. The average molecular weight is 360 g/mol. The monoisotopic (exact) mass is 359 g/mol. The minimum Gasteiger partial charge on any atom is -0.496 e. The third-order valence-corrected chi connectivity index (χ3v) is 4.29. The largest absolute Gasteiger partial charge is 0.496 e. The number of carbonyl (C=O) groups excluding carboxylic acids is 1. The second-order valence-electron chi connectivity index (χ2n) is 4.50. The van der Waals surface area contributed by atoms with Crippen LogP contribution in [0.5, 0.6) is 5.75 Å². The highest BCUT2D eigenvalue weighted by Crippen LogP contribution is 2.27. The van der Waals surface area contributed by atoms with E-state index in [0.717, 1.165) is 41.7 Å². The zero-order valence-electron chi connectivity index (χ0n) is 12.3. The van der Waals surface area contributed by atoms with Crippen molar-refractivity contribution < 1.29 is 9.53 Å². The van der Waals surface area contributed by atoms with Gasteiger partial charge in [-0.1, -0.05) is 41.5 Å². The van der Waals surface area contributed by atoms with Gasteiger partial charge in [-0.2, -0.15) is 0 Å². The Morgan fingerprint density at radius 3 is 2.50 bits per heavy atom. The van der Waals surface area contributed by atoms with Gasteiger partial charge in [-0.05, 0) is 31.0 Å². The summed E-state index contributed by atoms with van der Waals surface area (Å²) in [6, 6.07) is 5.86. The average Bonchev–Trinajstić information content (AvgIpc) is 2.44. The van der Waals surface area contributed by atoms with Gasteiger partial charge in [-0.25, -0.2) is 0 Å². The molecule has 0 aliphatic carbocycles. The van der Waals surface area contributed by atoms with Crippen LogP contribution < -0.4 is 4.74 Å². The molecule has 5 heteroatoms. The molecule has 0 radical (unpaired) electrons. The summed E-state index contributed by atoms with van der Waals surface area (Å²) in [4.78, 5) is 14.1. The van der Waals surface area contributed by atoms with Crippen molar-refractivity contribution >= 4 is 32.9 Å². The number of rotatable bonds is 7. The molecular formula is C15H22BrNO2S. The SMILES string of the molecule is CCCN(CCC)C(=O)SCc1cc(Br)ccc1OC. The van der Waals surface area contributed by atoms with Crippen LogP contribution in [0.4, 0.5) is 4.79 Å². The summed E-state index contributed by atoms with van der Waals surface area (Å²) in [5, 5.41) is 0.149. The number of thioether (sulfide) groups is 1. The van der Waals surface area contributed by atoms with E-state index in [0.29, 0.717) is 5.75 Å². The molecular weight excluding hydrogens is 338 g/mol. The molecule has 0 bridgehead atoms. The Morgan fingerprint density at radius 2 is 1.95 bits per heavy atom. The van der Waals surface area contributed by atoms with E-state index in [1.807, 2.05) is 23.1 Å². The predicted molar refractivity (Wildman–Crippen MR) is 89.5 cm³/mol. The summed E-state index contributed by atoms with van der Waals surface area (Å²) in [5.41, 5.74) is 1.04. The topological polar surface area (TPSA) is 29.5 Å². The molecule has 1 rings (SSSR count). The van der Waals surface area contributed by atoms with Crippen LogP contribution in [-0.4, -0.2) is 30.3 Å². The van der Waals surface area contributed by atoms with Crippen molar-refractivity contribution in [2.24, 2.45) is 0 Å². The van der Waals surface area contributed by atoms with Crippen LogP contribution in [0, 0.1) is 0 Å². The van der Waals surface area contributed by atoms with Gasteiger partial charge in [-0.3, -0.25) is 4.79 Å². The lowest BCUT2D eigenvalue weighted by molar-refractivity contribution is 0.223. The molecule has 0 heterocycles. The number of carbonyl (C=O) groups is 1. The van der Waals surface area contributed by atoms with Crippen LogP contribution in [0.2, 0.25) is 0 Å². The molecule has 0 saturated carbocycles. The standard InChI is InChI=1S/C15H22BrNO2S/c1-4-8-17(9-5-2)15(18)20-11-12-10-13(16)6-7-14(12)19-3/h6-7,10H,4-5,8-9,11H2,1-3H3.